The summed E-state index contributed by atoms with van der Waals surface area (Å²) in [5.41, 5.74) is 6.47. The molecule has 14 heavy (non-hydrogen) atoms. The van der Waals surface area contributed by atoms with Crippen LogP contribution in [0.25, 0.3) is 0 Å². The average Bonchev–Trinajstić information content (AvgIpc) is 2.42. The zero-order valence-electron chi connectivity index (χ0n) is 9.52. The second-order valence-electron chi connectivity index (χ2n) is 6.27. The van der Waals surface area contributed by atoms with Crippen molar-refractivity contribution in [1.29, 1.82) is 0 Å². The van der Waals surface area contributed by atoms with Gasteiger partial charge in [0, 0.05) is 5.41 Å². The Morgan fingerprint density at radius 1 is 1.21 bits per heavy atom. The van der Waals surface area contributed by atoms with Gasteiger partial charge >= 0.3 is 0 Å². The summed E-state index contributed by atoms with van der Waals surface area (Å²) in [4.78, 5) is 0. The van der Waals surface area contributed by atoms with Gasteiger partial charge in [0.25, 0.3) is 0 Å². The van der Waals surface area contributed by atoms with Gasteiger partial charge in [-0.15, -0.1) is 0 Å². The lowest BCUT2D eigenvalue weighted by atomic mass is 9.39. The van der Waals surface area contributed by atoms with E-state index in [2.05, 4.69) is 33.8 Å². The lowest BCUT2D eigenvalue weighted by Gasteiger charge is -2.64. The second-order valence-corrected chi connectivity index (χ2v) is 6.27. The molecule has 5 atom stereocenters. The Morgan fingerprint density at radius 2 is 1.93 bits per heavy atom. The summed E-state index contributed by atoms with van der Waals surface area (Å²) < 4.78 is 0. The van der Waals surface area contributed by atoms with Gasteiger partial charge < -0.3 is 0 Å². The number of rotatable bonds is 0. The van der Waals surface area contributed by atoms with E-state index in [1.165, 1.54) is 6.42 Å². The summed E-state index contributed by atoms with van der Waals surface area (Å²) in [6.45, 7) is 9.98. The molecule has 0 aromatic heterocycles. The third kappa shape index (κ3) is 0.395. The van der Waals surface area contributed by atoms with Crippen molar-refractivity contribution in [3.8, 4) is 0 Å². The summed E-state index contributed by atoms with van der Waals surface area (Å²) in [6, 6.07) is 0. The summed E-state index contributed by atoms with van der Waals surface area (Å²) in [5, 5.41) is 0. The Bertz CT molecular complexity index is 425. The van der Waals surface area contributed by atoms with E-state index in [0.29, 0.717) is 10.8 Å². The summed E-state index contributed by atoms with van der Waals surface area (Å²) in [7, 11) is 0. The molecule has 2 saturated carbocycles. The monoisotopic (exact) mass is 186 g/mol. The van der Waals surface area contributed by atoms with Crippen molar-refractivity contribution in [2.75, 3.05) is 0 Å². The Balaban J connectivity index is 2.13. The van der Waals surface area contributed by atoms with Crippen molar-refractivity contribution < 1.29 is 0 Å². The predicted octanol–water partition coefficient (Wildman–Crippen LogP) is 3.55. The molecular weight excluding hydrogens is 168 g/mol. The molecule has 5 aliphatic carbocycles. The van der Waals surface area contributed by atoms with Gasteiger partial charge in [0.1, 0.15) is 0 Å². The van der Waals surface area contributed by atoms with Crippen LogP contribution >= 0.6 is 0 Å². The first-order valence-electron chi connectivity index (χ1n) is 5.98. The molecule has 0 amide bonds. The Kier molecular flexibility index (Phi) is 0.916. The minimum atomic E-state index is 0.534. The number of hydrogen-bond donors (Lipinski definition) is 0. The van der Waals surface area contributed by atoms with Crippen LogP contribution in [-0.4, -0.2) is 0 Å². The zero-order chi connectivity index (χ0) is 9.88. The fourth-order valence-electron chi connectivity index (χ4n) is 5.42. The summed E-state index contributed by atoms with van der Waals surface area (Å²) in [5.74, 6) is 2.59. The normalized spacial score (nSPS) is 62.0. The smallest absolute Gasteiger partial charge is 0.00211 e. The van der Waals surface area contributed by atoms with E-state index in [4.69, 9.17) is 0 Å². The highest BCUT2D eigenvalue weighted by Crippen LogP contribution is 2.83. The Morgan fingerprint density at radius 3 is 2.64 bits per heavy atom. The van der Waals surface area contributed by atoms with Gasteiger partial charge in [-0.1, -0.05) is 44.9 Å². The molecule has 0 nitrogen and oxygen atoms in total. The van der Waals surface area contributed by atoms with Crippen LogP contribution in [0.4, 0.5) is 0 Å². The van der Waals surface area contributed by atoms with Crippen LogP contribution < -0.4 is 0 Å². The van der Waals surface area contributed by atoms with Crippen molar-refractivity contribution in [2.45, 2.75) is 34.1 Å². The molecular formula is C14H18. The van der Waals surface area contributed by atoms with E-state index in [1.54, 1.807) is 11.1 Å². The van der Waals surface area contributed by atoms with Gasteiger partial charge in [-0.3, -0.25) is 0 Å². The lowest BCUT2D eigenvalue weighted by Crippen LogP contribution is -2.58. The number of allylic oxidation sites excluding steroid dienone is 4. The van der Waals surface area contributed by atoms with E-state index in [9.17, 15) is 0 Å². The van der Waals surface area contributed by atoms with Gasteiger partial charge in [-0.05, 0) is 35.2 Å². The van der Waals surface area contributed by atoms with Crippen LogP contribution in [0.3, 0.4) is 0 Å². The molecule has 5 unspecified atom stereocenters. The maximum atomic E-state index is 2.55. The Labute approximate surface area is 86.1 Å². The van der Waals surface area contributed by atoms with E-state index < -0.39 is 0 Å². The first kappa shape index (κ1) is 7.73. The highest BCUT2D eigenvalue weighted by atomic mass is 14.8. The third-order valence-corrected chi connectivity index (χ3v) is 6.68. The molecule has 0 N–H and O–H groups in total. The second kappa shape index (κ2) is 1.66. The highest BCUT2D eigenvalue weighted by molar-refractivity contribution is 5.61. The van der Waals surface area contributed by atoms with Crippen LogP contribution in [-0.2, 0) is 0 Å². The maximum Gasteiger partial charge on any atom is 0.00211 e. The van der Waals surface area contributed by atoms with Crippen LogP contribution in [0, 0.1) is 28.6 Å². The Hall–Kier alpha value is -0.520. The average molecular weight is 186 g/mol. The van der Waals surface area contributed by atoms with Crippen molar-refractivity contribution in [3.05, 3.63) is 22.8 Å². The quantitative estimate of drug-likeness (QED) is 0.542. The van der Waals surface area contributed by atoms with Crippen molar-refractivity contribution in [2.24, 2.45) is 28.6 Å². The largest absolute Gasteiger partial charge is 0.0627 e. The van der Waals surface area contributed by atoms with Crippen LogP contribution in [0.1, 0.15) is 34.1 Å². The molecule has 6 bridgehead atoms. The predicted molar refractivity (Wildman–Crippen MR) is 57.8 cm³/mol. The first-order chi connectivity index (χ1) is 6.53. The van der Waals surface area contributed by atoms with E-state index in [1.807, 2.05) is 5.57 Å². The fourth-order valence-corrected chi connectivity index (χ4v) is 5.42. The fraction of sp³-hybridized carbons (Fsp3) is 0.714. The third-order valence-electron chi connectivity index (χ3n) is 6.68. The summed E-state index contributed by atoms with van der Waals surface area (Å²) in [6.07, 6.45) is 3.96. The molecule has 0 aliphatic heterocycles. The molecule has 0 radical (unpaired) electrons. The number of hydrogen-bond acceptors (Lipinski definition) is 0. The zero-order valence-corrected chi connectivity index (χ0v) is 9.52. The highest BCUT2D eigenvalue weighted by Gasteiger charge is 2.75. The van der Waals surface area contributed by atoms with Gasteiger partial charge in [-0.2, -0.15) is 0 Å². The molecule has 0 aromatic rings. The maximum absolute atomic E-state index is 2.55. The van der Waals surface area contributed by atoms with Crippen molar-refractivity contribution in [3.63, 3.8) is 0 Å². The standard InChI is InChI=1S/C14H18/c1-7-9-5-11-12-6-10(9)8(2)14(12,4)13(7,11)3/h5,7-8,12H,6H2,1-4H3. The minimum absolute atomic E-state index is 0.534. The van der Waals surface area contributed by atoms with E-state index >= 15 is 0 Å². The van der Waals surface area contributed by atoms with E-state index in [0.717, 1.165) is 17.8 Å². The molecule has 0 saturated heterocycles. The molecule has 5 rings (SSSR count). The van der Waals surface area contributed by atoms with Crippen LogP contribution in [0.2, 0.25) is 0 Å². The van der Waals surface area contributed by atoms with Gasteiger partial charge in [0.15, 0.2) is 0 Å². The summed E-state index contributed by atoms with van der Waals surface area (Å²) >= 11 is 0. The van der Waals surface area contributed by atoms with Crippen LogP contribution in [0.15, 0.2) is 22.8 Å². The molecule has 0 aromatic carbocycles. The van der Waals surface area contributed by atoms with Crippen molar-refractivity contribution >= 4 is 0 Å². The SMILES string of the molecule is CC1C2=C3CC4C(=C2)C1(C)C4(C)C3C. The molecule has 0 spiro atoms. The van der Waals surface area contributed by atoms with Gasteiger partial charge in [-0.25, -0.2) is 0 Å². The molecule has 2 fully saturated rings. The molecule has 0 heterocycles. The van der Waals surface area contributed by atoms with E-state index in [-0.39, 0.29) is 0 Å². The molecule has 5 aliphatic rings. The lowest BCUT2D eigenvalue weighted by molar-refractivity contribution is -0.0717. The topological polar surface area (TPSA) is 0 Å². The minimum Gasteiger partial charge on any atom is -0.0627 e. The van der Waals surface area contributed by atoms with Gasteiger partial charge in [0.2, 0.25) is 0 Å². The molecule has 74 valence electrons. The first-order valence-corrected chi connectivity index (χ1v) is 5.98. The van der Waals surface area contributed by atoms with Crippen molar-refractivity contribution in [1.82, 2.24) is 0 Å². The van der Waals surface area contributed by atoms with Crippen LogP contribution in [0.5, 0.6) is 0 Å². The van der Waals surface area contributed by atoms with Gasteiger partial charge in [0.05, 0.1) is 0 Å². The molecule has 0 heteroatoms.